The van der Waals surface area contributed by atoms with E-state index in [1.165, 1.54) is 7.11 Å². The summed E-state index contributed by atoms with van der Waals surface area (Å²) in [4.78, 5) is 51.7. The molecule has 0 radical (unpaired) electrons. The quantitative estimate of drug-likeness (QED) is 0.358. The molecule has 190 valence electrons. The molecule has 0 bridgehead atoms. The van der Waals surface area contributed by atoms with E-state index in [1.54, 1.807) is 24.3 Å². The van der Waals surface area contributed by atoms with Crippen LogP contribution in [0.4, 0.5) is 10.5 Å². The Hall–Kier alpha value is -4.11. The van der Waals surface area contributed by atoms with Crippen LogP contribution < -0.4 is 5.32 Å². The van der Waals surface area contributed by atoms with E-state index in [9.17, 15) is 19.2 Å². The molecule has 1 N–H and O–H groups in total. The van der Waals surface area contributed by atoms with Crippen molar-refractivity contribution in [2.75, 3.05) is 19.0 Å². The summed E-state index contributed by atoms with van der Waals surface area (Å²) >= 11 is 0.796. The Bertz CT molecular complexity index is 1470. The van der Waals surface area contributed by atoms with Crippen molar-refractivity contribution >= 4 is 46.5 Å². The lowest BCUT2D eigenvalue weighted by atomic mass is 10.1. The van der Waals surface area contributed by atoms with Crippen molar-refractivity contribution in [1.82, 2.24) is 9.47 Å². The first-order valence-electron chi connectivity index (χ1n) is 11.6. The Morgan fingerprint density at radius 1 is 1.00 bits per heavy atom. The van der Waals surface area contributed by atoms with E-state index in [2.05, 4.69) is 5.32 Å². The Morgan fingerprint density at radius 2 is 1.73 bits per heavy atom. The van der Waals surface area contributed by atoms with Crippen LogP contribution in [-0.2, 0) is 14.3 Å². The SMILES string of the molecule is COC(=O)c1ccccc1-n1c(C)cc(C=C2SC(=O)N(CC(=O)Nc3ccc(C)c(C)c3)C2=O)c1C. The van der Waals surface area contributed by atoms with Crippen LogP contribution in [0.1, 0.15) is 38.4 Å². The number of aryl methyl sites for hydroxylation is 3. The number of esters is 1. The number of nitrogens with zero attached hydrogens (tertiary/aromatic N) is 2. The molecule has 1 aliphatic rings. The molecule has 3 aromatic rings. The molecule has 3 amide bonds. The Labute approximate surface area is 219 Å². The Morgan fingerprint density at radius 3 is 2.43 bits per heavy atom. The lowest BCUT2D eigenvalue weighted by molar-refractivity contribution is -0.127. The smallest absolute Gasteiger partial charge is 0.339 e. The molecule has 4 rings (SSSR count). The van der Waals surface area contributed by atoms with Gasteiger partial charge in [0.15, 0.2) is 0 Å². The van der Waals surface area contributed by atoms with Crippen molar-refractivity contribution in [3.05, 3.63) is 87.1 Å². The van der Waals surface area contributed by atoms with Crippen LogP contribution >= 0.6 is 11.8 Å². The van der Waals surface area contributed by atoms with Crippen molar-refractivity contribution < 1.29 is 23.9 Å². The first-order chi connectivity index (χ1) is 17.6. The average Bonchev–Trinajstić information content (AvgIpc) is 3.29. The zero-order valence-corrected chi connectivity index (χ0v) is 22.1. The molecule has 1 saturated heterocycles. The maximum Gasteiger partial charge on any atom is 0.339 e. The van der Waals surface area contributed by atoms with Crippen LogP contribution in [0, 0.1) is 27.7 Å². The van der Waals surface area contributed by atoms with Gasteiger partial charge in [-0.1, -0.05) is 18.2 Å². The van der Waals surface area contributed by atoms with Gasteiger partial charge in [0, 0.05) is 17.1 Å². The zero-order chi connectivity index (χ0) is 26.9. The number of amides is 3. The van der Waals surface area contributed by atoms with Gasteiger partial charge in [0.25, 0.3) is 11.1 Å². The zero-order valence-electron chi connectivity index (χ0n) is 21.2. The van der Waals surface area contributed by atoms with Gasteiger partial charge in [0.1, 0.15) is 6.54 Å². The van der Waals surface area contributed by atoms with E-state index < -0.39 is 23.0 Å². The van der Waals surface area contributed by atoms with E-state index >= 15 is 0 Å². The second kappa shape index (κ2) is 10.5. The number of hydrogen-bond acceptors (Lipinski definition) is 6. The highest BCUT2D eigenvalue weighted by molar-refractivity contribution is 8.18. The summed E-state index contributed by atoms with van der Waals surface area (Å²) in [6.45, 7) is 7.30. The van der Waals surface area contributed by atoms with Crippen molar-refractivity contribution in [1.29, 1.82) is 0 Å². The van der Waals surface area contributed by atoms with E-state index in [0.717, 1.165) is 44.7 Å². The van der Waals surface area contributed by atoms with E-state index in [0.29, 0.717) is 16.9 Å². The summed E-state index contributed by atoms with van der Waals surface area (Å²) in [5, 5.41) is 2.24. The van der Waals surface area contributed by atoms with Crippen LogP contribution in [0.5, 0.6) is 0 Å². The fraction of sp³-hybridized carbons (Fsp3) is 0.214. The number of carbonyl (C=O) groups is 4. The van der Waals surface area contributed by atoms with Crippen LogP contribution in [0.15, 0.2) is 53.4 Å². The topological polar surface area (TPSA) is 97.7 Å². The third-order valence-corrected chi connectivity index (χ3v) is 7.18. The predicted octanol–water partition coefficient (Wildman–Crippen LogP) is 5.17. The number of hydrogen-bond donors (Lipinski definition) is 1. The van der Waals surface area contributed by atoms with Crippen molar-refractivity contribution in [2.45, 2.75) is 27.7 Å². The van der Waals surface area contributed by atoms with Gasteiger partial charge in [-0.2, -0.15) is 0 Å². The summed E-state index contributed by atoms with van der Waals surface area (Å²) in [6, 6.07) is 14.5. The number of thioether (sulfide) groups is 1. The maximum atomic E-state index is 13.0. The summed E-state index contributed by atoms with van der Waals surface area (Å²) in [7, 11) is 1.33. The van der Waals surface area contributed by atoms with Gasteiger partial charge in [0.05, 0.1) is 23.3 Å². The number of methoxy groups -OCH3 is 1. The van der Waals surface area contributed by atoms with Crippen LogP contribution in [0.3, 0.4) is 0 Å². The third kappa shape index (κ3) is 5.22. The van der Waals surface area contributed by atoms with Crippen molar-refractivity contribution in [2.24, 2.45) is 0 Å². The largest absolute Gasteiger partial charge is 0.465 e. The molecule has 0 atom stereocenters. The average molecular weight is 518 g/mol. The van der Waals surface area contributed by atoms with Crippen LogP contribution in [0.25, 0.3) is 11.8 Å². The minimum Gasteiger partial charge on any atom is -0.465 e. The molecule has 2 aromatic carbocycles. The Kier molecular flexibility index (Phi) is 7.35. The molecular formula is C28H27N3O5S. The monoisotopic (exact) mass is 517 g/mol. The molecule has 0 spiro atoms. The normalized spacial score (nSPS) is 14.4. The lowest BCUT2D eigenvalue weighted by Crippen LogP contribution is -2.36. The summed E-state index contributed by atoms with van der Waals surface area (Å²) in [5.74, 6) is -1.43. The second-order valence-electron chi connectivity index (χ2n) is 8.79. The highest BCUT2D eigenvalue weighted by atomic mass is 32.2. The summed E-state index contributed by atoms with van der Waals surface area (Å²) in [6.07, 6.45) is 1.64. The fourth-order valence-corrected chi connectivity index (χ4v) is 5.03. The van der Waals surface area contributed by atoms with Crippen LogP contribution in [0.2, 0.25) is 0 Å². The highest BCUT2D eigenvalue weighted by Crippen LogP contribution is 2.34. The predicted molar refractivity (Wildman–Crippen MR) is 144 cm³/mol. The second-order valence-corrected chi connectivity index (χ2v) is 9.78. The summed E-state index contributed by atoms with van der Waals surface area (Å²) < 4.78 is 6.82. The number of carbonyl (C=O) groups excluding carboxylic acids is 4. The van der Waals surface area contributed by atoms with Gasteiger partial charge in [-0.15, -0.1) is 0 Å². The molecule has 8 nitrogen and oxygen atoms in total. The number of anilines is 1. The fourth-order valence-electron chi connectivity index (χ4n) is 4.20. The number of nitrogens with one attached hydrogen (secondary N) is 1. The summed E-state index contributed by atoms with van der Waals surface area (Å²) in [5.41, 5.74) is 6.15. The molecule has 1 aromatic heterocycles. The first kappa shape index (κ1) is 26.0. The lowest BCUT2D eigenvalue weighted by Gasteiger charge is -2.13. The van der Waals surface area contributed by atoms with E-state index in [4.69, 9.17) is 4.74 Å². The minimum absolute atomic E-state index is 0.227. The molecule has 9 heteroatoms. The van der Waals surface area contributed by atoms with Crippen molar-refractivity contribution in [3.63, 3.8) is 0 Å². The number of imide groups is 1. The Balaban J connectivity index is 1.56. The molecule has 0 aliphatic carbocycles. The van der Waals surface area contributed by atoms with E-state index in [-0.39, 0.29) is 11.4 Å². The maximum absolute atomic E-state index is 13.0. The van der Waals surface area contributed by atoms with Gasteiger partial charge in [-0.3, -0.25) is 19.3 Å². The molecule has 1 aliphatic heterocycles. The molecule has 2 heterocycles. The molecule has 0 saturated carbocycles. The molecular weight excluding hydrogens is 490 g/mol. The molecule has 1 fully saturated rings. The van der Waals surface area contributed by atoms with Crippen molar-refractivity contribution in [3.8, 4) is 5.69 Å². The number of benzene rings is 2. The van der Waals surface area contributed by atoms with E-state index in [1.807, 2.05) is 62.6 Å². The number of rotatable bonds is 6. The van der Waals surface area contributed by atoms with Gasteiger partial charge >= 0.3 is 5.97 Å². The van der Waals surface area contributed by atoms with Gasteiger partial charge in [-0.25, -0.2) is 4.79 Å². The number of ether oxygens (including phenoxy) is 1. The van der Waals surface area contributed by atoms with Gasteiger partial charge in [0.2, 0.25) is 5.91 Å². The first-order valence-corrected chi connectivity index (χ1v) is 12.4. The van der Waals surface area contributed by atoms with Gasteiger partial charge < -0.3 is 14.6 Å². The highest BCUT2D eigenvalue weighted by Gasteiger charge is 2.36. The molecule has 0 unspecified atom stereocenters. The number of para-hydroxylation sites is 1. The number of aromatic nitrogens is 1. The third-order valence-electron chi connectivity index (χ3n) is 6.27. The standard InChI is InChI=1S/C28H27N3O5S/c1-16-10-11-21(12-17(16)2)29-25(32)15-30-26(33)24(37-28(30)35)14-20-13-18(3)31(19(20)4)23-9-7-6-8-22(23)27(34)36-5/h6-14H,15H2,1-5H3,(H,29,32). The van der Waals surface area contributed by atoms with Gasteiger partial charge in [-0.05, 0) is 92.6 Å². The molecule has 37 heavy (non-hydrogen) atoms. The van der Waals surface area contributed by atoms with Crippen LogP contribution in [-0.4, -0.2) is 46.1 Å². The minimum atomic E-state index is -0.523.